The fourth-order valence-corrected chi connectivity index (χ4v) is 2.80. The molecule has 7 heteroatoms. The summed E-state index contributed by atoms with van der Waals surface area (Å²) in [7, 11) is 0. The van der Waals surface area contributed by atoms with Crippen LogP contribution in [-0.2, 0) is 12.8 Å². The molecule has 0 saturated carbocycles. The lowest BCUT2D eigenvalue weighted by atomic mass is 10.3. The summed E-state index contributed by atoms with van der Waals surface area (Å²) in [4.78, 5) is 9.79. The Morgan fingerprint density at radius 2 is 2.06 bits per heavy atom. The lowest BCUT2D eigenvalue weighted by molar-refractivity contribution is -0.134. The van der Waals surface area contributed by atoms with Gasteiger partial charge in [-0.25, -0.2) is 9.97 Å². The summed E-state index contributed by atoms with van der Waals surface area (Å²) < 4.78 is 36.4. The van der Waals surface area contributed by atoms with Crippen LogP contribution in [0.3, 0.4) is 0 Å². The van der Waals surface area contributed by atoms with Crippen molar-refractivity contribution in [3.05, 3.63) is 21.9 Å². The van der Waals surface area contributed by atoms with Gasteiger partial charge in [-0.3, -0.25) is 0 Å². The van der Waals surface area contributed by atoms with Crippen molar-refractivity contribution in [3.63, 3.8) is 0 Å². The average molecular weight is 295 g/mol. The number of thiophene rings is 1. The van der Waals surface area contributed by atoms with E-state index >= 15 is 0 Å². The molecule has 0 unspecified atom stereocenters. The fraction of sp³-hybridized carbons (Fsp3) is 0.455. The normalized spacial score (nSPS) is 12.3. The van der Waals surface area contributed by atoms with Crippen LogP contribution < -0.4 is 0 Å². The molecule has 0 fully saturated rings. The number of hydrogen-bond donors (Lipinski definition) is 0. The van der Waals surface area contributed by atoms with Crippen molar-refractivity contribution >= 4 is 33.2 Å². The van der Waals surface area contributed by atoms with E-state index in [2.05, 4.69) is 9.97 Å². The van der Waals surface area contributed by atoms with E-state index in [1.165, 1.54) is 11.3 Å². The highest BCUT2D eigenvalue weighted by Crippen LogP contribution is 2.30. The second kappa shape index (κ2) is 5.01. The molecule has 0 aromatic carbocycles. The van der Waals surface area contributed by atoms with Crippen LogP contribution in [0.5, 0.6) is 0 Å². The maximum absolute atomic E-state index is 12.1. The van der Waals surface area contributed by atoms with Crippen LogP contribution in [0.1, 0.15) is 24.0 Å². The van der Waals surface area contributed by atoms with Crippen LogP contribution in [0.2, 0.25) is 5.15 Å². The molecule has 0 bridgehead atoms. The summed E-state index contributed by atoms with van der Waals surface area (Å²) >= 11 is 7.40. The Morgan fingerprint density at radius 3 is 2.67 bits per heavy atom. The number of aryl methyl sites for hydroxylation is 2. The average Bonchev–Trinajstić information content (AvgIpc) is 2.69. The third-order valence-corrected chi connectivity index (χ3v) is 3.89. The maximum atomic E-state index is 12.1. The van der Waals surface area contributed by atoms with Crippen LogP contribution in [-0.4, -0.2) is 16.1 Å². The lowest BCUT2D eigenvalue weighted by Crippen LogP contribution is -2.10. The van der Waals surface area contributed by atoms with Gasteiger partial charge in [0.2, 0.25) is 0 Å². The van der Waals surface area contributed by atoms with Crippen molar-refractivity contribution in [2.24, 2.45) is 0 Å². The summed E-state index contributed by atoms with van der Waals surface area (Å²) in [6, 6.07) is 1.88. The van der Waals surface area contributed by atoms with E-state index in [1.807, 2.05) is 13.0 Å². The summed E-state index contributed by atoms with van der Waals surface area (Å²) in [5, 5.41) is 0.947. The molecule has 0 amide bonds. The molecule has 2 nitrogen and oxygen atoms in total. The zero-order valence-corrected chi connectivity index (χ0v) is 11.1. The number of alkyl halides is 3. The van der Waals surface area contributed by atoms with Gasteiger partial charge in [-0.15, -0.1) is 11.3 Å². The molecule has 0 saturated heterocycles. The molecular formula is C11H10ClF3N2S. The van der Waals surface area contributed by atoms with Crippen molar-refractivity contribution in [2.45, 2.75) is 32.4 Å². The van der Waals surface area contributed by atoms with Crippen LogP contribution in [0.25, 0.3) is 10.2 Å². The first kappa shape index (κ1) is 13.5. The molecule has 2 heterocycles. The Morgan fingerprint density at radius 1 is 1.33 bits per heavy atom. The molecule has 0 spiro atoms. The topological polar surface area (TPSA) is 25.8 Å². The Kier molecular flexibility index (Phi) is 3.77. The highest BCUT2D eigenvalue weighted by molar-refractivity contribution is 7.18. The van der Waals surface area contributed by atoms with E-state index in [4.69, 9.17) is 11.6 Å². The maximum Gasteiger partial charge on any atom is 0.389 e. The predicted molar refractivity (Wildman–Crippen MR) is 66.2 cm³/mol. The van der Waals surface area contributed by atoms with Crippen molar-refractivity contribution < 1.29 is 13.2 Å². The zero-order chi connectivity index (χ0) is 13.3. The zero-order valence-electron chi connectivity index (χ0n) is 9.51. The molecule has 2 aromatic heterocycles. The van der Waals surface area contributed by atoms with E-state index in [0.29, 0.717) is 10.2 Å². The smallest absolute Gasteiger partial charge is 0.222 e. The minimum absolute atomic E-state index is 0.148. The molecule has 2 rings (SSSR count). The van der Waals surface area contributed by atoms with Gasteiger partial charge in [0.05, 0.1) is 6.42 Å². The molecule has 2 aromatic rings. The minimum Gasteiger partial charge on any atom is -0.222 e. The summed E-state index contributed by atoms with van der Waals surface area (Å²) in [6.45, 7) is 2.00. The van der Waals surface area contributed by atoms with Gasteiger partial charge in [0.25, 0.3) is 0 Å². The second-order valence-electron chi connectivity index (χ2n) is 3.83. The first-order chi connectivity index (χ1) is 8.39. The molecule has 0 aliphatic carbocycles. The van der Waals surface area contributed by atoms with Gasteiger partial charge in [-0.05, 0) is 12.5 Å². The third kappa shape index (κ3) is 3.11. The van der Waals surface area contributed by atoms with Crippen molar-refractivity contribution in [1.82, 2.24) is 9.97 Å². The number of nitrogens with zero attached hydrogens (tertiary/aromatic N) is 2. The number of hydrogen-bond acceptors (Lipinski definition) is 3. The minimum atomic E-state index is -4.20. The van der Waals surface area contributed by atoms with E-state index in [0.717, 1.165) is 11.3 Å². The van der Waals surface area contributed by atoms with Crippen molar-refractivity contribution in [2.75, 3.05) is 0 Å². The van der Waals surface area contributed by atoms with Gasteiger partial charge >= 0.3 is 6.18 Å². The molecular weight excluding hydrogens is 285 g/mol. The van der Waals surface area contributed by atoms with Crippen LogP contribution in [0, 0.1) is 0 Å². The van der Waals surface area contributed by atoms with Gasteiger partial charge in [-0.2, -0.15) is 13.2 Å². The molecule has 0 N–H and O–H groups in total. The summed E-state index contributed by atoms with van der Waals surface area (Å²) in [5.41, 5.74) is 0. The van der Waals surface area contributed by atoms with Gasteiger partial charge < -0.3 is 0 Å². The third-order valence-electron chi connectivity index (χ3n) is 2.42. The Labute approximate surface area is 111 Å². The fourth-order valence-electron chi connectivity index (χ4n) is 1.52. The number of rotatable bonds is 3. The highest BCUT2D eigenvalue weighted by atomic mass is 35.5. The molecule has 0 aliphatic heterocycles. The van der Waals surface area contributed by atoms with Crippen LogP contribution in [0.15, 0.2) is 6.07 Å². The lowest BCUT2D eigenvalue weighted by Gasteiger charge is -2.05. The van der Waals surface area contributed by atoms with E-state index < -0.39 is 12.6 Å². The molecule has 0 atom stereocenters. The van der Waals surface area contributed by atoms with Gasteiger partial charge in [0.1, 0.15) is 15.8 Å². The number of aromatic nitrogens is 2. The number of fused-ring (bicyclic) bond motifs is 1. The first-order valence-electron chi connectivity index (χ1n) is 5.40. The van der Waals surface area contributed by atoms with Gasteiger partial charge in [0.15, 0.2) is 0 Å². The van der Waals surface area contributed by atoms with E-state index in [-0.39, 0.29) is 17.4 Å². The van der Waals surface area contributed by atoms with Gasteiger partial charge in [0, 0.05) is 16.7 Å². The molecule has 98 valence electrons. The molecule has 0 radical (unpaired) electrons. The predicted octanol–water partition coefficient (Wildman–Crippen LogP) is 4.40. The molecule has 0 aliphatic rings. The van der Waals surface area contributed by atoms with Crippen molar-refractivity contribution in [1.29, 1.82) is 0 Å². The number of halogens is 4. The Hall–Kier alpha value is -0.880. The second-order valence-corrected chi connectivity index (χ2v) is 5.30. The van der Waals surface area contributed by atoms with Crippen LogP contribution >= 0.6 is 22.9 Å². The van der Waals surface area contributed by atoms with Crippen molar-refractivity contribution in [3.8, 4) is 0 Å². The quantitative estimate of drug-likeness (QED) is 0.784. The SMILES string of the molecule is CCc1cc2c(Cl)nc(CCC(F)(F)F)nc2s1. The van der Waals surface area contributed by atoms with Gasteiger partial charge in [-0.1, -0.05) is 18.5 Å². The monoisotopic (exact) mass is 294 g/mol. The Bertz CT molecular complexity index is 565. The molecule has 18 heavy (non-hydrogen) atoms. The van der Waals surface area contributed by atoms with Crippen LogP contribution in [0.4, 0.5) is 13.2 Å². The highest BCUT2D eigenvalue weighted by Gasteiger charge is 2.27. The Balaban J connectivity index is 2.30. The largest absolute Gasteiger partial charge is 0.389 e. The summed E-state index contributed by atoms with van der Waals surface area (Å²) in [5.74, 6) is 0.148. The van der Waals surface area contributed by atoms with E-state index in [1.54, 1.807) is 0 Å². The summed E-state index contributed by atoms with van der Waals surface area (Å²) in [6.07, 6.45) is -4.52. The first-order valence-corrected chi connectivity index (χ1v) is 6.60. The van der Waals surface area contributed by atoms with E-state index in [9.17, 15) is 13.2 Å². The standard InChI is InChI=1S/C11H10ClF3N2S/c1-2-6-5-7-9(12)16-8(17-10(7)18-6)3-4-11(13,14)15/h5H,2-4H2,1H3.